The van der Waals surface area contributed by atoms with Crippen molar-refractivity contribution in [3.05, 3.63) is 200 Å². The van der Waals surface area contributed by atoms with E-state index in [-0.39, 0.29) is 46.1 Å². The molecule has 0 fully saturated rings. The molecule has 1 aromatic heterocycles. The zero-order chi connectivity index (χ0) is 46.3. The van der Waals surface area contributed by atoms with Crippen LogP contribution in [0.15, 0.2) is 200 Å². The van der Waals surface area contributed by atoms with Crippen molar-refractivity contribution in [2.45, 2.75) is 0 Å². The van der Waals surface area contributed by atoms with Gasteiger partial charge in [-0.25, -0.2) is 15.0 Å². The minimum absolute atomic E-state index is 0.0243. The van der Waals surface area contributed by atoms with Gasteiger partial charge in [0.2, 0.25) is 0 Å². The summed E-state index contributed by atoms with van der Waals surface area (Å²) in [6, 6.07) is 34.9. The number of benzene rings is 9. The zero-order valence-corrected chi connectivity index (χ0v) is 28.5. The minimum atomic E-state index is -0.505. The molecule has 0 N–H and O–H groups in total. The highest BCUT2D eigenvalue weighted by Crippen LogP contribution is 2.38. The average Bonchev–Trinajstić information content (AvgIpc) is 3.35. The second-order valence-electron chi connectivity index (χ2n) is 12.7. The van der Waals surface area contributed by atoms with Crippen LogP contribution in [0.1, 0.15) is 16.4 Å². The molecule has 0 aliphatic carbocycles. The van der Waals surface area contributed by atoms with Gasteiger partial charge in [-0.2, -0.15) is 0 Å². The normalized spacial score (nSPS) is 14.4. The molecule has 0 saturated carbocycles. The van der Waals surface area contributed by atoms with Crippen molar-refractivity contribution in [1.29, 1.82) is 0 Å². The van der Waals surface area contributed by atoms with Crippen LogP contribution in [0, 0.1) is 0 Å². The van der Waals surface area contributed by atoms with Gasteiger partial charge >= 0.3 is 0 Å². The number of hydrogen-bond donors (Lipinski definition) is 0. The number of hydrogen-bond acceptors (Lipinski definition) is 3. The van der Waals surface area contributed by atoms with Crippen molar-refractivity contribution in [3.8, 4) is 67.5 Å². The summed E-state index contributed by atoms with van der Waals surface area (Å²) in [4.78, 5) is 14.9. The van der Waals surface area contributed by atoms with Gasteiger partial charge in [0, 0.05) is 16.7 Å². The van der Waals surface area contributed by atoms with Gasteiger partial charge in [0.1, 0.15) is 0 Å². The number of fused-ring (bicyclic) bond motifs is 3. The first-order chi connectivity index (χ1) is 31.7. The van der Waals surface area contributed by atoms with Crippen molar-refractivity contribution < 1.29 is 16.4 Å². The lowest BCUT2D eigenvalue weighted by atomic mass is 9.90. The Morgan fingerprint density at radius 2 is 0.870 bits per heavy atom. The van der Waals surface area contributed by atoms with Crippen LogP contribution in [0.3, 0.4) is 0 Å². The van der Waals surface area contributed by atoms with Crippen LogP contribution in [0.25, 0.3) is 99.9 Å². The largest absolute Gasteiger partial charge is 0.208 e. The first kappa shape index (κ1) is 21.3. The Morgan fingerprint density at radius 1 is 0.296 bits per heavy atom. The third kappa shape index (κ3) is 5.78. The fraction of sp³-hybridized carbons (Fsp3) is 0. The molecule has 0 aliphatic heterocycles. The van der Waals surface area contributed by atoms with Crippen molar-refractivity contribution in [3.63, 3.8) is 0 Å². The molecule has 54 heavy (non-hydrogen) atoms. The van der Waals surface area contributed by atoms with E-state index in [0.717, 1.165) is 32.8 Å². The lowest BCUT2D eigenvalue weighted by Gasteiger charge is -2.14. The summed E-state index contributed by atoms with van der Waals surface area (Å²) in [6.45, 7) is 0. The Labute approximate surface area is 330 Å². The van der Waals surface area contributed by atoms with Gasteiger partial charge in [-0.1, -0.05) is 182 Å². The average molecular weight is 700 g/mol. The lowest BCUT2D eigenvalue weighted by molar-refractivity contribution is 1.07. The van der Waals surface area contributed by atoms with Crippen molar-refractivity contribution in [1.82, 2.24) is 15.0 Å². The third-order valence-electron chi connectivity index (χ3n) is 9.49. The van der Waals surface area contributed by atoms with Gasteiger partial charge in [0.15, 0.2) is 17.5 Å². The van der Waals surface area contributed by atoms with Gasteiger partial charge in [-0.15, -0.1) is 0 Å². The van der Waals surface area contributed by atoms with E-state index in [1.54, 1.807) is 18.2 Å². The monoisotopic (exact) mass is 699 g/mol. The fourth-order valence-electron chi connectivity index (χ4n) is 6.91. The fourth-order valence-corrected chi connectivity index (χ4v) is 6.91. The van der Waals surface area contributed by atoms with Gasteiger partial charge in [-0.05, 0) is 83.9 Å². The molecule has 0 atom stereocenters. The van der Waals surface area contributed by atoms with E-state index < -0.39 is 48.3 Å². The van der Waals surface area contributed by atoms with Crippen LogP contribution in [0.5, 0.6) is 0 Å². The van der Waals surface area contributed by atoms with E-state index in [0.29, 0.717) is 45.1 Å². The smallest absolute Gasteiger partial charge is 0.164 e. The molecule has 0 saturated heterocycles. The summed E-state index contributed by atoms with van der Waals surface area (Å²) in [5.41, 5.74) is 5.11. The molecule has 0 aliphatic rings. The standard InChI is InChI=1S/C51H33N3/c1-3-13-34(14-4-1)37-27-28-39-32-42(30-29-38(39)31-37)51-53-49(36-16-5-2-6-17-36)52-50(54-51)41-20-9-19-40(33-41)44-22-11-25-48-46(44)24-12-26-47(48)45-23-10-18-35-15-7-8-21-43(35)45/h1-33H/i1D,3D,4D,7D,8D,10D,13D,14D,15D,18D,21D,23D. The van der Waals surface area contributed by atoms with Crippen molar-refractivity contribution >= 4 is 32.3 Å². The quantitative estimate of drug-likeness (QED) is 0.173. The second-order valence-corrected chi connectivity index (χ2v) is 12.7. The summed E-state index contributed by atoms with van der Waals surface area (Å²) >= 11 is 0. The topological polar surface area (TPSA) is 38.7 Å². The van der Waals surface area contributed by atoms with Crippen LogP contribution in [-0.4, -0.2) is 15.0 Å². The molecule has 9 aromatic carbocycles. The van der Waals surface area contributed by atoms with Crippen LogP contribution >= 0.6 is 0 Å². The maximum atomic E-state index is 9.03. The number of aromatic nitrogens is 3. The molecule has 1 heterocycles. The van der Waals surface area contributed by atoms with Crippen molar-refractivity contribution in [2.75, 3.05) is 0 Å². The Bertz CT molecular complexity index is 3650. The first-order valence-corrected chi connectivity index (χ1v) is 17.3. The van der Waals surface area contributed by atoms with Gasteiger partial charge in [-0.3, -0.25) is 0 Å². The molecule has 3 nitrogen and oxygen atoms in total. The molecular weight excluding hydrogens is 655 g/mol. The molecule has 0 bridgehead atoms. The molecule has 3 heteroatoms. The molecular formula is C51H33N3. The van der Waals surface area contributed by atoms with E-state index in [1.807, 2.05) is 109 Å². The Morgan fingerprint density at radius 3 is 1.67 bits per heavy atom. The predicted octanol–water partition coefficient (Wildman–Crippen LogP) is 13.3. The molecule has 10 rings (SSSR count). The van der Waals surface area contributed by atoms with Crippen LogP contribution in [0.2, 0.25) is 0 Å². The van der Waals surface area contributed by atoms with E-state index in [4.69, 9.17) is 31.4 Å². The molecule has 0 amide bonds. The Hall–Kier alpha value is -7.23. The second kappa shape index (κ2) is 13.4. The van der Waals surface area contributed by atoms with Crippen LogP contribution in [0.4, 0.5) is 0 Å². The van der Waals surface area contributed by atoms with E-state index >= 15 is 0 Å². The highest BCUT2D eigenvalue weighted by atomic mass is 15.0. The van der Waals surface area contributed by atoms with Gasteiger partial charge < -0.3 is 0 Å². The van der Waals surface area contributed by atoms with E-state index in [9.17, 15) is 0 Å². The Kier molecular flexibility index (Phi) is 5.29. The lowest BCUT2D eigenvalue weighted by Crippen LogP contribution is -2.00. The van der Waals surface area contributed by atoms with Crippen molar-refractivity contribution in [2.24, 2.45) is 0 Å². The highest BCUT2D eigenvalue weighted by Gasteiger charge is 2.15. The molecule has 252 valence electrons. The summed E-state index contributed by atoms with van der Waals surface area (Å²) < 4.78 is 102. The first-order valence-electron chi connectivity index (χ1n) is 23.3. The zero-order valence-electron chi connectivity index (χ0n) is 40.5. The minimum Gasteiger partial charge on any atom is -0.208 e. The number of nitrogens with zero attached hydrogens (tertiary/aromatic N) is 3. The molecule has 0 spiro atoms. The number of rotatable bonds is 6. The third-order valence-corrected chi connectivity index (χ3v) is 9.49. The van der Waals surface area contributed by atoms with E-state index in [2.05, 4.69) is 0 Å². The SMILES string of the molecule is [2H]c1c([2H])c([2H])c(-c2ccc3cc(-c4nc(-c5ccccc5)nc(-c5cccc(-c6cccc7c(-c8c([2H])c([2H])c([2H])c9c([2H])c([2H])c([2H])c([2H])c89)cccc67)c5)n4)ccc3c2)c([2H])c1[2H]. The summed E-state index contributed by atoms with van der Waals surface area (Å²) in [5, 5.41) is 3.01. The summed E-state index contributed by atoms with van der Waals surface area (Å²) in [5.74, 6) is 1.28. The molecule has 10 aromatic rings. The maximum Gasteiger partial charge on any atom is 0.164 e. The predicted molar refractivity (Wildman–Crippen MR) is 225 cm³/mol. The van der Waals surface area contributed by atoms with Gasteiger partial charge in [0.05, 0.1) is 16.4 Å². The molecule has 0 unspecified atom stereocenters. The van der Waals surface area contributed by atoms with Gasteiger partial charge in [0.25, 0.3) is 0 Å². The highest BCUT2D eigenvalue weighted by molar-refractivity contribution is 6.09. The van der Waals surface area contributed by atoms with Crippen LogP contribution in [-0.2, 0) is 0 Å². The van der Waals surface area contributed by atoms with Crippen LogP contribution < -0.4 is 0 Å². The summed E-state index contributed by atoms with van der Waals surface area (Å²) in [7, 11) is 0. The maximum absolute atomic E-state index is 9.03. The Balaban J connectivity index is 1.09. The van der Waals surface area contributed by atoms with E-state index in [1.165, 1.54) is 0 Å². The molecule has 0 radical (unpaired) electrons. The summed E-state index contributed by atoms with van der Waals surface area (Å²) in [6.07, 6.45) is 0.